The third-order valence-corrected chi connectivity index (χ3v) is 5.31. The van der Waals surface area contributed by atoms with Crippen LogP contribution >= 0.6 is 0 Å². The Kier molecular flexibility index (Phi) is 2.58. The van der Waals surface area contributed by atoms with Crippen molar-refractivity contribution >= 4 is 34.8 Å². The summed E-state index contributed by atoms with van der Waals surface area (Å²) in [6.45, 7) is 4.52. The topological polar surface area (TPSA) is 38.0 Å². The highest BCUT2D eigenvalue weighted by Crippen LogP contribution is 2.46. The van der Waals surface area contributed by atoms with E-state index in [0.29, 0.717) is 0 Å². The summed E-state index contributed by atoms with van der Waals surface area (Å²) in [7, 11) is 1.16. The molecule has 1 radical (unpaired) electrons. The zero-order valence-corrected chi connectivity index (χ0v) is 13.6. The van der Waals surface area contributed by atoms with Crippen molar-refractivity contribution in [3.8, 4) is 5.82 Å². The number of hydrogen-bond donors (Lipinski definition) is 1. The molecule has 5 rings (SSSR count). The van der Waals surface area contributed by atoms with Crippen molar-refractivity contribution < 1.29 is 5.02 Å². The SMILES string of the molecule is CC1(C)c2cccnc2-n2c3ccc([B]O)cc3c3cccc1c32. The van der Waals surface area contributed by atoms with E-state index in [1.807, 2.05) is 24.4 Å². The molecule has 0 saturated carbocycles. The molecule has 0 aliphatic carbocycles. The van der Waals surface area contributed by atoms with Gasteiger partial charge in [-0.1, -0.05) is 55.7 Å². The highest BCUT2D eigenvalue weighted by molar-refractivity contribution is 6.46. The highest BCUT2D eigenvalue weighted by Gasteiger charge is 2.35. The summed E-state index contributed by atoms with van der Waals surface area (Å²) >= 11 is 0. The molecule has 0 amide bonds. The normalized spacial score (nSPS) is 14.8. The number of para-hydroxylation sites is 1. The van der Waals surface area contributed by atoms with Gasteiger partial charge in [-0.3, -0.25) is 4.57 Å². The smallest absolute Gasteiger partial charge is 0.326 e. The lowest BCUT2D eigenvalue weighted by Gasteiger charge is -2.33. The van der Waals surface area contributed by atoms with E-state index >= 15 is 0 Å². The van der Waals surface area contributed by atoms with Gasteiger partial charge in [-0.15, -0.1) is 0 Å². The molecule has 0 atom stereocenters. The van der Waals surface area contributed by atoms with Crippen LogP contribution in [0.1, 0.15) is 25.0 Å². The zero-order chi connectivity index (χ0) is 16.5. The molecule has 1 aliphatic heterocycles. The number of fused-ring (bicyclic) bond motifs is 5. The van der Waals surface area contributed by atoms with Crippen LogP contribution in [0.5, 0.6) is 0 Å². The molecule has 0 unspecified atom stereocenters. The molecule has 24 heavy (non-hydrogen) atoms. The van der Waals surface area contributed by atoms with Gasteiger partial charge in [0.25, 0.3) is 0 Å². The van der Waals surface area contributed by atoms with Crippen molar-refractivity contribution in [2.45, 2.75) is 19.3 Å². The monoisotopic (exact) mass is 311 g/mol. The van der Waals surface area contributed by atoms with Crippen molar-refractivity contribution in [3.63, 3.8) is 0 Å². The molecule has 2 aromatic carbocycles. The highest BCUT2D eigenvalue weighted by atomic mass is 16.2. The van der Waals surface area contributed by atoms with E-state index in [2.05, 4.69) is 48.7 Å². The van der Waals surface area contributed by atoms with Crippen LogP contribution in [0.25, 0.3) is 27.6 Å². The fourth-order valence-corrected chi connectivity index (χ4v) is 4.10. The molecule has 3 heterocycles. The molecule has 1 N–H and O–H groups in total. The van der Waals surface area contributed by atoms with Crippen LogP contribution < -0.4 is 5.46 Å². The molecule has 115 valence electrons. The maximum atomic E-state index is 9.40. The quantitative estimate of drug-likeness (QED) is 0.549. The van der Waals surface area contributed by atoms with E-state index in [-0.39, 0.29) is 5.41 Å². The Morgan fingerprint density at radius 3 is 2.67 bits per heavy atom. The summed E-state index contributed by atoms with van der Waals surface area (Å²) in [6, 6.07) is 16.7. The molecule has 3 nitrogen and oxygen atoms in total. The lowest BCUT2D eigenvalue weighted by Crippen LogP contribution is -2.26. The van der Waals surface area contributed by atoms with Crippen molar-refractivity contribution in [3.05, 3.63) is 65.9 Å². The Hall–Kier alpha value is -2.59. The predicted octanol–water partition coefficient (Wildman–Crippen LogP) is 3.05. The van der Waals surface area contributed by atoms with Crippen LogP contribution in [-0.4, -0.2) is 22.1 Å². The van der Waals surface area contributed by atoms with Crippen molar-refractivity contribution in [1.29, 1.82) is 0 Å². The Balaban J connectivity index is 2.08. The van der Waals surface area contributed by atoms with Crippen molar-refractivity contribution in [2.24, 2.45) is 0 Å². The van der Waals surface area contributed by atoms with Gasteiger partial charge >= 0.3 is 7.48 Å². The largest absolute Gasteiger partial charge is 0.450 e. The fraction of sp³-hybridized carbons (Fsp3) is 0.150. The third kappa shape index (κ3) is 1.54. The summed E-state index contributed by atoms with van der Waals surface area (Å²) in [5, 5.41) is 11.7. The van der Waals surface area contributed by atoms with Gasteiger partial charge < -0.3 is 5.02 Å². The van der Waals surface area contributed by atoms with Crippen LogP contribution in [-0.2, 0) is 5.41 Å². The van der Waals surface area contributed by atoms with Gasteiger partial charge in [0.05, 0.1) is 11.0 Å². The third-order valence-electron chi connectivity index (χ3n) is 5.31. The molecule has 4 heteroatoms. The molecule has 4 aromatic rings. The second-order valence-electron chi connectivity index (χ2n) is 6.94. The van der Waals surface area contributed by atoms with Gasteiger partial charge in [0.15, 0.2) is 0 Å². The minimum Gasteiger partial charge on any atom is -0.450 e. The van der Waals surface area contributed by atoms with Crippen LogP contribution in [0, 0.1) is 0 Å². The maximum absolute atomic E-state index is 9.40. The maximum Gasteiger partial charge on any atom is 0.326 e. The molecule has 0 saturated heterocycles. The number of pyridine rings is 1. The number of benzene rings is 2. The average molecular weight is 311 g/mol. The Morgan fingerprint density at radius 2 is 1.83 bits per heavy atom. The Bertz CT molecular complexity index is 1130. The summed E-state index contributed by atoms with van der Waals surface area (Å²) in [4.78, 5) is 4.71. The second-order valence-corrected chi connectivity index (χ2v) is 6.94. The summed E-state index contributed by atoms with van der Waals surface area (Å²) < 4.78 is 2.27. The molecular formula is C20H16BN2O. The van der Waals surface area contributed by atoms with Crippen LogP contribution in [0.2, 0.25) is 0 Å². The predicted molar refractivity (Wildman–Crippen MR) is 98.3 cm³/mol. The number of hydrogen-bond acceptors (Lipinski definition) is 2. The van der Waals surface area contributed by atoms with Gasteiger partial charge in [-0.05, 0) is 17.7 Å². The number of nitrogens with zero attached hydrogens (tertiary/aromatic N) is 2. The lowest BCUT2D eigenvalue weighted by molar-refractivity contribution is 0.615. The van der Waals surface area contributed by atoms with Crippen LogP contribution in [0.4, 0.5) is 0 Å². The van der Waals surface area contributed by atoms with E-state index in [0.717, 1.165) is 29.7 Å². The average Bonchev–Trinajstić information content (AvgIpc) is 2.94. The molecule has 0 bridgehead atoms. The van der Waals surface area contributed by atoms with E-state index in [4.69, 9.17) is 4.98 Å². The minimum atomic E-state index is -0.0978. The second kappa shape index (κ2) is 4.49. The van der Waals surface area contributed by atoms with Gasteiger partial charge in [0, 0.05) is 27.9 Å². The Morgan fingerprint density at radius 1 is 1.00 bits per heavy atom. The summed E-state index contributed by atoms with van der Waals surface area (Å²) in [6.07, 6.45) is 1.86. The first-order valence-electron chi connectivity index (χ1n) is 8.14. The first-order valence-corrected chi connectivity index (χ1v) is 8.14. The van der Waals surface area contributed by atoms with Crippen molar-refractivity contribution in [1.82, 2.24) is 9.55 Å². The van der Waals surface area contributed by atoms with E-state index in [1.165, 1.54) is 22.0 Å². The van der Waals surface area contributed by atoms with E-state index in [1.54, 1.807) is 0 Å². The fourth-order valence-electron chi connectivity index (χ4n) is 4.10. The van der Waals surface area contributed by atoms with Gasteiger partial charge in [0.2, 0.25) is 0 Å². The zero-order valence-electron chi connectivity index (χ0n) is 13.6. The minimum absolute atomic E-state index is 0.0978. The number of rotatable bonds is 1. The van der Waals surface area contributed by atoms with Gasteiger partial charge in [0.1, 0.15) is 5.82 Å². The molecule has 0 spiro atoms. The first-order chi connectivity index (χ1) is 11.6. The molecule has 2 aromatic heterocycles. The molecule has 0 fully saturated rings. The molecular weight excluding hydrogens is 295 g/mol. The van der Waals surface area contributed by atoms with E-state index in [9.17, 15) is 5.02 Å². The molecule has 1 aliphatic rings. The van der Waals surface area contributed by atoms with Crippen LogP contribution in [0.15, 0.2) is 54.7 Å². The summed E-state index contributed by atoms with van der Waals surface area (Å²) in [5.41, 5.74) is 5.61. The van der Waals surface area contributed by atoms with Gasteiger partial charge in [-0.2, -0.15) is 0 Å². The number of aromatic nitrogens is 2. The summed E-state index contributed by atoms with van der Waals surface area (Å²) in [5.74, 6) is 1.00. The van der Waals surface area contributed by atoms with Gasteiger partial charge in [-0.25, -0.2) is 4.98 Å². The van der Waals surface area contributed by atoms with E-state index < -0.39 is 0 Å². The van der Waals surface area contributed by atoms with Crippen molar-refractivity contribution in [2.75, 3.05) is 0 Å². The van der Waals surface area contributed by atoms with Crippen LogP contribution in [0.3, 0.4) is 0 Å². The Labute approximate surface area is 140 Å². The standard InChI is InChI=1S/C20H16BN2O/c1-20(2)15-6-3-5-13-14-11-12(21-24)8-9-17(14)23(18(13)15)19-16(20)7-4-10-22-19/h3-11,24H,1-2H3. The lowest BCUT2D eigenvalue weighted by atomic mass is 9.76. The first kappa shape index (κ1) is 13.8.